The van der Waals surface area contributed by atoms with Crippen LogP contribution >= 0.6 is 0 Å². The summed E-state index contributed by atoms with van der Waals surface area (Å²) in [6.07, 6.45) is 1.27. The standard InChI is InChI=1S/C14H16O5/c1-17-12-6-4-10(5-7-12)11(8-13(15)18-2)9-14(16)19-3/h4-8H,9H2,1-3H3/b11-8+. The van der Waals surface area contributed by atoms with Crippen LogP contribution in [-0.2, 0) is 19.1 Å². The molecule has 5 heteroatoms. The summed E-state index contributed by atoms with van der Waals surface area (Å²) in [5.41, 5.74) is 1.26. The molecule has 0 aromatic heterocycles. The lowest BCUT2D eigenvalue weighted by molar-refractivity contribution is -0.139. The molecule has 0 heterocycles. The number of carbonyl (C=O) groups excluding carboxylic acids is 2. The maximum Gasteiger partial charge on any atom is 0.330 e. The Kier molecular flexibility index (Phi) is 5.60. The third kappa shape index (κ3) is 4.46. The summed E-state index contributed by atoms with van der Waals surface area (Å²) in [6, 6.07) is 7.02. The highest BCUT2D eigenvalue weighted by Gasteiger charge is 2.11. The smallest absolute Gasteiger partial charge is 0.330 e. The lowest BCUT2D eigenvalue weighted by Crippen LogP contribution is -2.04. The second-order valence-electron chi connectivity index (χ2n) is 3.67. The summed E-state index contributed by atoms with van der Waals surface area (Å²) < 4.78 is 14.2. The van der Waals surface area contributed by atoms with Crippen molar-refractivity contribution in [2.45, 2.75) is 6.42 Å². The van der Waals surface area contributed by atoms with E-state index in [9.17, 15) is 9.59 Å². The zero-order valence-corrected chi connectivity index (χ0v) is 11.1. The van der Waals surface area contributed by atoms with E-state index in [2.05, 4.69) is 9.47 Å². The largest absolute Gasteiger partial charge is 0.497 e. The number of methoxy groups -OCH3 is 3. The molecule has 0 saturated heterocycles. The van der Waals surface area contributed by atoms with Crippen LogP contribution in [0.3, 0.4) is 0 Å². The van der Waals surface area contributed by atoms with Crippen LogP contribution in [0.1, 0.15) is 12.0 Å². The SMILES string of the molecule is COC(=O)/C=C(\CC(=O)OC)c1ccc(OC)cc1. The van der Waals surface area contributed by atoms with Crippen LogP contribution in [0.5, 0.6) is 5.75 Å². The molecule has 102 valence electrons. The second-order valence-corrected chi connectivity index (χ2v) is 3.67. The monoisotopic (exact) mass is 264 g/mol. The Morgan fingerprint density at radius 1 is 1.05 bits per heavy atom. The fourth-order valence-electron chi connectivity index (χ4n) is 1.47. The van der Waals surface area contributed by atoms with Gasteiger partial charge in [0.2, 0.25) is 0 Å². The van der Waals surface area contributed by atoms with Gasteiger partial charge in [-0.2, -0.15) is 0 Å². The lowest BCUT2D eigenvalue weighted by atomic mass is 10.0. The zero-order chi connectivity index (χ0) is 14.3. The van der Waals surface area contributed by atoms with E-state index in [0.29, 0.717) is 11.3 Å². The van der Waals surface area contributed by atoms with Gasteiger partial charge < -0.3 is 14.2 Å². The van der Waals surface area contributed by atoms with Crippen LogP contribution in [0.4, 0.5) is 0 Å². The van der Waals surface area contributed by atoms with Crippen LogP contribution < -0.4 is 4.74 Å². The summed E-state index contributed by atoms with van der Waals surface area (Å²) in [5.74, 6) is -0.250. The van der Waals surface area contributed by atoms with Gasteiger partial charge in [0, 0.05) is 6.08 Å². The molecule has 0 fully saturated rings. The Hall–Kier alpha value is -2.30. The highest BCUT2D eigenvalue weighted by atomic mass is 16.5. The van der Waals surface area contributed by atoms with Crippen molar-refractivity contribution in [2.24, 2.45) is 0 Å². The number of hydrogen-bond donors (Lipinski definition) is 0. The van der Waals surface area contributed by atoms with Gasteiger partial charge in [-0.3, -0.25) is 4.79 Å². The maximum atomic E-state index is 11.3. The summed E-state index contributed by atoms with van der Waals surface area (Å²) in [7, 11) is 4.14. The van der Waals surface area contributed by atoms with Gasteiger partial charge in [-0.05, 0) is 23.3 Å². The average Bonchev–Trinajstić information content (AvgIpc) is 2.46. The van der Waals surface area contributed by atoms with Gasteiger partial charge in [-0.25, -0.2) is 4.79 Å². The van der Waals surface area contributed by atoms with Crippen LogP contribution in [0.25, 0.3) is 5.57 Å². The third-order valence-electron chi connectivity index (χ3n) is 2.52. The lowest BCUT2D eigenvalue weighted by Gasteiger charge is -2.07. The molecule has 0 radical (unpaired) electrons. The summed E-state index contributed by atoms with van der Waals surface area (Å²) in [6.45, 7) is 0. The van der Waals surface area contributed by atoms with Crippen LogP contribution in [0.2, 0.25) is 0 Å². The number of benzene rings is 1. The van der Waals surface area contributed by atoms with Crippen LogP contribution in [0.15, 0.2) is 30.3 Å². The van der Waals surface area contributed by atoms with Crippen molar-refractivity contribution in [2.75, 3.05) is 21.3 Å². The van der Waals surface area contributed by atoms with Crippen molar-refractivity contribution in [1.82, 2.24) is 0 Å². The molecule has 0 unspecified atom stereocenters. The molecule has 1 aromatic carbocycles. The van der Waals surface area contributed by atoms with Gasteiger partial charge in [0.1, 0.15) is 5.75 Å². The van der Waals surface area contributed by atoms with E-state index in [4.69, 9.17) is 4.74 Å². The summed E-state index contributed by atoms with van der Waals surface area (Å²) >= 11 is 0. The van der Waals surface area contributed by atoms with Crippen molar-refractivity contribution in [1.29, 1.82) is 0 Å². The molecule has 0 atom stereocenters. The molecule has 0 aliphatic heterocycles. The van der Waals surface area contributed by atoms with Crippen LogP contribution in [-0.4, -0.2) is 33.3 Å². The Bertz CT molecular complexity index is 473. The number of ether oxygens (including phenoxy) is 3. The first-order valence-electron chi connectivity index (χ1n) is 5.60. The molecule has 0 saturated carbocycles. The van der Waals surface area contributed by atoms with E-state index in [1.54, 1.807) is 31.4 Å². The minimum absolute atomic E-state index is 0.00205. The number of esters is 2. The van der Waals surface area contributed by atoms with Crippen molar-refractivity contribution in [3.8, 4) is 5.75 Å². The molecule has 0 aliphatic rings. The Labute approximate surface area is 111 Å². The number of hydrogen-bond acceptors (Lipinski definition) is 5. The van der Waals surface area contributed by atoms with Gasteiger partial charge in [-0.1, -0.05) is 12.1 Å². The molecule has 1 rings (SSSR count). The molecule has 0 spiro atoms. The van der Waals surface area contributed by atoms with Gasteiger partial charge in [0.15, 0.2) is 0 Å². The van der Waals surface area contributed by atoms with Crippen LogP contribution in [0, 0.1) is 0 Å². The maximum absolute atomic E-state index is 11.3. The van der Waals surface area contributed by atoms with Gasteiger partial charge >= 0.3 is 11.9 Å². The first-order valence-corrected chi connectivity index (χ1v) is 5.60. The quantitative estimate of drug-likeness (QED) is 0.599. The predicted molar refractivity (Wildman–Crippen MR) is 69.6 cm³/mol. The first-order chi connectivity index (χ1) is 9.10. The first kappa shape index (κ1) is 14.8. The van der Waals surface area contributed by atoms with E-state index in [0.717, 1.165) is 5.56 Å². The second kappa shape index (κ2) is 7.20. The topological polar surface area (TPSA) is 61.8 Å². The van der Waals surface area contributed by atoms with Crippen molar-refractivity contribution in [3.05, 3.63) is 35.9 Å². The number of rotatable bonds is 5. The van der Waals surface area contributed by atoms with E-state index in [-0.39, 0.29) is 6.42 Å². The van der Waals surface area contributed by atoms with Gasteiger partial charge in [0.25, 0.3) is 0 Å². The number of carbonyl (C=O) groups is 2. The molecule has 0 aliphatic carbocycles. The van der Waals surface area contributed by atoms with E-state index in [1.165, 1.54) is 20.3 Å². The molecular formula is C14H16O5. The van der Waals surface area contributed by atoms with E-state index in [1.807, 2.05) is 0 Å². The van der Waals surface area contributed by atoms with E-state index >= 15 is 0 Å². The Morgan fingerprint density at radius 2 is 1.68 bits per heavy atom. The normalized spacial score (nSPS) is 10.8. The summed E-state index contributed by atoms with van der Waals surface area (Å²) in [4.78, 5) is 22.7. The van der Waals surface area contributed by atoms with Crippen molar-refractivity contribution >= 4 is 17.5 Å². The minimum atomic E-state index is -0.519. The molecular weight excluding hydrogens is 248 g/mol. The Balaban J connectivity index is 3.03. The van der Waals surface area contributed by atoms with Crippen molar-refractivity contribution in [3.63, 3.8) is 0 Å². The fraction of sp³-hybridized carbons (Fsp3) is 0.286. The Morgan fingerprint density at radius 3 is 2.16 bits per heavy atom. The molecule has 19 heavy (non-hydrogen) atoms. The molecule has 0 N–H and O–H groups in total. The average molecular weight is 264 g/mol. The predicted octanol–water partition coefficient (Wildman–Crippen LogP) is 1.81. The molecule has 0 amide bonds. The highest BCUT2D eigenvalue weighted by Crippen LogP contribution is 2.22. The minimum Gasteiger partial charge on any atom is -0.497 e. The van der Waals surface area contributed by atoms with Gasteiger partial charge in [0.05, 0.1) is 27.8 Å². The third-order valence-corrected chi connectivity index (χ3v) is 2.52. The molecule has 1 aromatic rings. The summed E-state index contributed by atoms with van der Waals surface area (Å²) in [5, 5.41) is 0. The molecule has 0 bridgehead atoms. The van der Waals surface area contributed by atoms with Crippen molar-refractivity contribution < 1.29 is 23.8 Å². The zero-order valence-electron chi connectivity index (χ0n) is 11.1. The fourth-order valence-corrected chi connectivity index (χ4v) is 1.47. The van der Waals surface area contributed by atoms with E-state index < -0.39 is 11.9 Å². The highest BCUT2D eigenvalue weighted by molar-refractivity contribution is 5.96. The molecule has 5 nitrogen and oxygen atoms in total. The van der Waals surface area contributed by atoms with Gasteiger partial charge in [-0.15, -0.1) is 0 Å².